The zero-order valence-electron chi connectivity index (χ0n) is 24.8. The number of ether oxygens (including phenoxy) is 1. The summed E-state index contributed by atoms with van der Waals surface area (Å²) in [6, 6.07) is 28.2. The number of nitrogens with zero attached hydrogens (tertiary/aromatic N) is 2. The first-order valence-corrected chi connectivity index (χ1v) is 14.5. The Morgan fingerprint density at radius 2 is 1.63 bits per heavy atom. The number of carbonyl (C=O) groups excluding carboxylic acids is 1. The highest BCUT2D eigenvalue weighted by Gasteiger charge is 2.32. The lowest BCUT2D eigenvalue weighted by molar-refractivity contribution is -0.145. The van der Waals surface area contributed by atoms with Gasteiger partial charge in [-0.1, -0.05) is 85.8 Å². The quantitative estimate of drug-likeness (QED) is 0.161. The molecule has 1 heterocycles. The van der Waals surface area contributed by atoms with Crippen molar-refractivity contribution >= 4 is 33.6 Å². The Labute approximate surface area is 251 Å². The number of carboxylic acids is 1. The van der Waals surface area contributed by atoms with Gasteiger partial charge in [-0.15, -0.1) is 0 Å². The molecule has 0 radical (unpaired) electrons. The zero-order valence-corrected chi connectivity index (χ0v) is 24.8. The average molecular weight is 579 g/mol. The number of hydrazine groups is 1. The van der Waals surface area contributed by atoms with E-state index in [-0.39, 0.29) is 12.3 Å². The Bertz CT molecular complexity index is 1710. The smallest absolute Gasteiger partial charge is 0.322 e. The van der Waals surface area contributed by atoms with Gasteiger partial charge in [0.2, 0.25) is 5.91 Å². The number of aromatic nitrogens is 1. The third-order valence-corrected chi connectivity index (χ3v) is 7.94. The molecule has 0 aliphatic heterocycles. The predicted molar refractivity (Wildman–Crippen MR) is 170 cm³/mol. The highest BCUT2D eigenvalue weighted by Crippen LogP contribution is 2.23. The normalized spacial score (nSPS) is 12.8. The Kier molecular flexibility index (Phi) is 9.39. The number of methoxy groups -OCH3 is 1. The van der Waals surface area contributed by atoms with Crippen molar-refractivity contribution in [1.29, 1.82) is 0 Å². The fourth-order valence-electron chi connectivity index (χ4n) is 5.65. The van der Waals surface area contributed by atoms with Crippen molar-refractivity contribution in [3.8, 4) is 5.75 Å². The minimum absolute atomic E-state index is 0.121. The highest BCUT2D eigenvalue weighted by molar-refractivity contribution is 5.86. The number of hydrogen-bond donors (Lipinski definition) is 3. The topological polar surface area (TPSA) is 97.9 Å². The molecule has 5 rings (SSSR count). The van der Waals surface area contributed by atoms with Crippen LogP contribution in [0.15, 0.2) is 97.2 Å². The van der Waals surface area contributed by atoms with Crippen LogP contribution in [0.3, 0.4) is 0 Å². The molecule has 0 aliphatic carbocycles. The van der Waals surface area contributed by atoms with Gasteiger partial charge in [0.15, 0.2) is 0 Å². The average Bonchev–Trinajstić information content (AvgIpc) is 3.44. The van der Waals surface area contributed by atoms with Gasteiger partial charge in [0.1, 0.15) is 17.8 Å². The summed E-state index contributed by atoms with van der Waals surface area (Å²) in [4.78, 5) is 31.7. The van der Waals surface area contributed by atoms with Gasteiger partial charge in [-0.05, 0) is 40.5 Å². The molecule has 0 aliphatic rings. The van der Waals surface area contributed by atoms with E-state index < -0.39 is 18.1 Å². The van der Waals surface area contributed by atoms with Gasteiger partial charge in [0, 0.05) is 49.2 Å². The van der Waals surface area contributed by atoms with E-state index in [2.05, 4.69) is 34.7 Å². The number of benzene rings is 4. The number of hydrogen-bond acceptors (Lipinski definition) is 5. The number of rotatable bonds is 13. The van der Waals surface area contributed by atoms with E-state index in [1.54, 1.807) is 24.1 Å². The third-order valence-electron chi connectivity index (χ3n) is 7.94. The summed E-state index contributed by atoms with van der Waals surface area (Å²) in [6.45, 7) is 2.70. The van der Waals surface area contributed by atoms with Crippen LogP contribution in [0.25, 0.3) is 21.7 Å². The van der Waals surface area contributed by atoms with Gasteiger partial charge >= 0.3 is 5.97 Å². The molecular weight excluding hydrogens is 540 g/mol. The largest absolute Gasteiger partial charge is 0.496 e. The summed E-state index contributed by atoms with van der Waals surface area (Å²) in [5.74, 6) is -0.393. The van der Waals surface area contributed by atoms with Crippen LogP contribution < -0.4 is 10.2 Å². The minimum atomic E-state index is -0.983. The molecule has 0 bridgehead atoms. The van der Waals surface area contributed by atoms with Crippen LogP contribution in [0.2, 0.25) is 0 Å². The number of carboxylic acid groups (broad SMARTS) is 1. The molecule has 0 saturated carbocycles. The van der Waals surface area contributed by atoms with Crippen LogP contribution in [0.1, 0.15) is 23.6 Å². The van der Waals surface area contributed by atoms with Crippen LogP contribution in [0.4, 0.5) is 0 Å². The molecule has 1 amide bonds. The van der Waals surface area contributed by atoms with Crippen LogP contribution in [0, 0.1) is 0 Å². The fraction of sp³-hybridized carbons (Fsp3) is 0.257. The Morgan fingerprint density at radius 3 is 2.40 bits per heavy atom. The SMILES string of the molecule is CCN(N[C@@H](Cc1c[nH]c2ccccc12)C(=O)O)[C@@H](Cc1ccc2ccccc2c1)C(=O)N(C)Cc1ccccc1OC. The number of para-hydroxylation sites is 2. The van der Waals surface area contributed by atoms with Gasteiger partial charge in [0.05, 0.1) is 7.11 Å². The Morgan fingerprint density at radius 1 is 0.907 bits per heavy atom. The van der Waals surface area contributed by atoms with E-state index in [1.807, 2.05) is 79.9 Å². The van der Waals surface area contributed by atoms with Crippen molar-refractivity contribution < 1.29 is 19.4 Å². The summed E-state index contributed by atoms with van der Waals surface area (Å²) in [5.41, 5.74) is 6.97. The molecule has 5 aromatic rings. The number of H-pyrrole nitrogens is 1. The van der Waals surface area contributed by atoms with Crippen molar-refractivity contribution in [3.63, 3.8) is 0 Å². The molecule has 222 valence electrons. The van der Waals surface area contributed by atoms with Crippen molar-refractivity contribution in [2.45, 2.75) is 38.4 Å². The first-order chi connectivity index (χ1) is 20.9. The lowest BCUT2D eigenvalue weighted by atomic mass is 10.00. The molecule has 0 saturated heterocycles. The van der Waals surface area contributed by atoms with Crippen molar-refractivity contribution in [2.75, 3.05) is 20.7 Å². The maximum absolute atomic E-state index is 14.2. The lowest BCUT2D eigenvalue weighted by Gasteiger charge is -2.35. The molecule has 43 heavy (non-hydrogen) atoms. The monoisotopic (exact) mass is 578 g/mol. The third kappa shape index (κ3) is 6.88. The molecule has 1 aromatic heterocycles. The number of aliphatic carboxylic acids is 1. The van der Waals surface area contributed by atoms with E-state index in [4.69, 9.17) is 4.74 Å². The molecule has 4 aromatic carbocycles. The van der Waals surface area contributed by atoms with Crippen LogP contribution >= 0.6 is 0 Å². The second kappa shape index (κ2) is 13.5. The number of carbonyl (C=O) groups is 2. The summed E-state index contributed by atoms with van der Waals surface area (Å²) >= 11 is 0. The lowest BCUT2D eigenvalue weighted by Crippen LogP contribution is -2.58. The number of aromatic amines is 1. The van der Waals surface area contributed by atoms with Gasteiger partial charge in [-0.25, -0.2) is 10.4 Å². The number of nitrogens with one attached hydrogen (secondary N) is 2. The summed E-state index contributed by atoms with van der Waals surface area (Å²) in [7, 11) is 3.39. The predicted octanol–water partition coefficient (Wildman–Crippen LogP) is 5.42. The standard InChI is InChI=1S/C35H38N4O4/c1-4-39(37-31(35(41)42)21-28-22-36-30-15-9-8-14-29(28)30)32(20-24-17-18-25-11-5-6-12-26(25)19-24)34(40)38(2)23-27-13-7-10-16-33(27)43-3/h5-19,22,31-32,36-37H,4,20-21,23H2,1-3H3,(H,41,42)/t31-,32-/m0/s1. The van der Waals surface area contributed by atoms with Gasteiger partial charge in [0.25, 0.3) is 0 Å². The number of likely N-dealkylation sites (N-methyl/N-ethyl adjacent to an activating group) is 2. The summed E-state index contributed by atoms with van der Waals surface area (Å²) in [6.07, 6.45) is 2.52. The van der Waals surface area contributed by atoms with Crippen LogP contribution in [-0.4, -0.2) is 64.7 Å². The van der Waals surface area contributed by atoms with E-state index >= 15 is 0 Å². The minimum Gasteiger partial charge on any atom is -0.496 e. The summed E-state index contributed by atoms with van der Waals surface area (Å²) < 4.78 is 5.52. The number of fused-ring (bicyclic) bond motifs is 2. The van der Waals surface area contributed by atoms with Crippen LogP contribution in [0.5, 0.6) is 5.75 Å². The van der Waals surface area contributed by atoms with E-state index in [0.717, 1.165) is 38.4 Å². The van der Waals surface area contributed by atoms with Crippen molar-refractivity contribution in [1.82, 2.24) is 20.3 Å². The Balaban J connectivity index is 1.44. The molecule has 8 nitrogen and oxygen atoms in total. The number of amides is 1. The van der Waals surface area contributed by atoms with Crippen molar-refractivity contribution in [3.05, 3.63) is 114 Å². The molecule has 2 atom stereocenters. The molecule has 8 heteroatoms. The van der Waals surface area contributed by atoms with E-state index in [1.165, 1.54) is 0 Å². The molecule has 0 unspecified atom stereocenters. The van der Waals surface area contributed by atoms with E-state index in [9.17, 15) is 14.7 Å². The second-order valence-electron chi connectivity index (χ2n) is 10.8. The zero-order chi connectivity index (χ0) is 30.3. The van der Waals surface area contributed by atoms with Gasteiger partial charge < -0.3 is 19.7 Å². The van der Waals surface area contributed by atoms with E-state index in [0.29, 0.717) is 25.3 Å². The first kappa shape index (κ1) is 29.8. The fourth-order valence-corrected chi connectivity index (χ4v) is 5.65. The maximum atomic E-state index is 14.2. The summed E-state index contributed by atoms with van der Waals surface area (Å²) in [5, 5.41) is 15.2. The second-order valence-corrected chi connectivity index (χ2v) is 10.8. The van der Waals surface area contributed by atoms with Crippen LogP contribution in [-0.2, 0) is 29.0 Å². The molecular formula is C35H38N4O4. The molecule has 0 spiro atoms. The molecule has 0 fully saturated rings. The highest BCUT2D eigenvalue weighted by atomic mass is 16.5. The van der Waals surface area contributed by atoms with Gasteiger partial charge in [-0.2, -0.15) is 0 Å². The Hall–Kier alpha value is -4.66. The van der Waals surface area contributed by atoms with Gasteiger partial charge in [-0.3, -0.25) is 9.59 Å². The van der Waals surface area contributed by atoms with Crippen molar-refractivity contribution in [2.24, 2.45) is 0 Å². The maximum Gasteiger partial charge on any atom is 0.322 e. The molecule has 3 N–H and O–H groups in total. The first-order valence-electron chi connectivity index (χ1n) is 14.5.